The van der Waals surface area contributed by atoms with E-state index in [0.717, 1.165) is 33.5 Å². The van der Waals surface area contributed by atoms with Crippen LogP contribution in [0, 0.1) is 0 Å². The summed E-state index contributed by atoms with van der Waals surface area (Å²) in [5.74, 6) is 2.48. The number of benzene rings is 1. The molecule has 0 unspecified atom stereocenters. The standard InChI is InChI=1S/C13H13N3OS/c14-7-9-5-6-10(17-9)8-18-13-15-11-3-1-2-4-12(11)16-13/h1-6H,7-8,14H2,(H,15,16). The van der Waals surface area contributed by atoms with E-state index in [-0.39, 0.29) is 0 Å². The highest BCUT2D eigenvalue weighted by Crippen LogP contribution is 2.23. The van der Waals surface area contributed by atoms with Crippen molar-refractivity contribution in [3.8, 4) is 0 Å². The Hall–Kier alpha value is -1.72. The van der Waals surface area contributed by atoms with Crippen molar-refractivity contribution in [2.45, 2.75) is 17.5 Å². The lowest BCUT2D eigenvalue weighted by molar-refractivity contribution is 0.482. The van der Waals surface area contributed by atoms with Gasteiger partial charge in [0.25, 0.3) is 0 Å². The van der Waals surface area contributed by atoms with E-state index in [0.29, 0.717) is 6.54 Å². The van der Waals surface area contributed by atoms with E-state index in [4.69, 9.17) is 10.2 Å². The van der Waals surface area contributed by atoms with Crippen LogP contribution in [0.4, 0.5) is 0 Å². The zero-order valence-electron chi connectivity index (χ0n) is 9.72. The predicted molar refractivity (Wildman–Crippen MR) is 72.3 cm³/mol. The first kappa shape index (κ1) is 11.4. The molecule has 0 aliphatic rings. The van der Waals surface area contributed by atoms with Crippen molar-refractivity contribution in [2.24, 2.45) is 5.73 Å². The Labute approximate surface area is 109 Å². The van der Waals surface area contributed by atoms with E-state index in [9.17, 15) is 0 Å². The molecule has 4 nitrogen and oxygen atoms in total. The number of H-pyrrole nitrogens is 1. The second-order valence-corrected chi connectivity index (χ2v) is 4.88. The summed E-state index contributed by atoms with van der Waals surface area (Å²) < 4.78 is 5.54. The molecule has 3 aromatic rings. The van der Waals surface area contributed by atoms with Crippen molar-refractivity contribution in [2.75, 3.05) is 0 Å². The van der Waals surface area contributed by atoms with Crippen LogP contribution in [0.5, 0.6) is 0 Å². The Morgan fingerprint density at radius 3 is 2.78 bits per heavy atom. The van der Waals surface area contributed by atoms with Crippen molar-refractivity contribution < 1.29 is 4.42 Å². The Morgan fingerprint density at radius 2 is 2.00 bits per heavy atom. The number of furan rings is 1. The molecule has 3 rings (SSSR count). The Kier molecular flexibility index (Phi) is 3.08. The highest BCUT2D eigenvalue weighted by Gasteiger charge is 2.05. The van der Waals surface area contributed by atoms with Crippen LogP contribution in [-0.4, -0.2) is 9.97 Å². The third-order valence-corrected chi connectivity index (χ3v) is 3.53. The van der Waals surface area contributed by atoms with Gasteiger partial charge in [-0.1, -0.05) is 23.9 Å². The second kappa shape index (κ2) is 4.88. The number of nitrogens with two attached hydrogens (primary N) is 1. The van der Waals surface area contributed by atoms with Gasteiger partial charge in [0.2, 0.25) is 0 Å². The van der Waals surface area contributed by atoms with E-state index >= 15 is 0 Å². The van der Waals surface area contributed by atoms with Gasteiger partial charge in [-0.2, -0.15) is 0 Å². The van der Waals surface area contributed by atoms with Crippen molar-refractivity contribution in [1.82, 2.24) is 9.97 Å². The predicted octanol–water partition coefficient (Wildman–Crippen LogP) is 2.91. The van der Waals surface area contributed by atoms with Gasteiger partial charge in [-0.15, -0.1) is 0 Å². The summed E-state index contributed by atoms with van der Waals surface area (Å²) in [6.45, 7) is 0.440. The number of para-hydroxylation sites is 2. The number of hydrogen-bond acceptors (Lipinski definition) is 4. The maximum absolute atomic E-state index is 5.54. The number of aromatic amines is 1. The van der Waals surface area contributed by atoms with Crippen molar-refractivity contribution >= 4 is 22.8 Å². The molecule has 0 atom stereocenters. The quantitative estimate of drug-likeness (QED) is 0.707. The SMILES string of the molecule is NCc1ccc(CSc2nc3ccccc3[nH]2)o1. The maximum Gasteiger partial charge on any atom is 0.166 e. The van der Waals surface area contributed by atoms with Gasteiger partial charge < -0.3 is 15.1 Å². The molecule has 0 radical (unpaired) electrons. The minimum absolute atomic E-state index is 0.440. The molecule has 0 saturated heterocycles. The summed E-state index contributed by atoms with van der Waals surface area (Å²) >= 11 is 1.62. The molecule has 0 saturated carbocycles. The third kappa shape index (κ3) is 2.27. The van der Waals surface area contributed by atoms with Crippen LogP contribution in [0.15, 0.2) is 46.0 Å². The summed E-state index contributed by atoms with van der Waals surface area (Å²) in [5, 5.41) is 0.905. The summed E-state index contributed by atoms with van der Waals surface area (Å²) in [4.78, 5) is 7.77. The average Bonchev–Trinajstić information content (AvgIpc) is 3.02. The van der Waals surface area contributed by atoms with Gasteiger partial charge in [-0.05, 0) is 24.3 Å². The lowest BCUT2D eigenvalue weighted by Gasteiger charge is -1.94. The lowest BCUT2D eigenvalue weighted by Crippen LogP contribution is -1.92. The van der Waals surface area contributed by atoms with Crippen molar-refractivity contribution in [3.05, 3.63) is 47.9 Å². The monoisotopic (exact) mass is 259 g/mol. The molecule has 0 spiro atoms. The fourth-order valence-corrected chi connectivity index (χ4v) is 2.53. The molecule has 3 N–H and O–H groups in total. The molecule has 2 heterocycles. The highest BCUT2D eigenvalue weighted by atomic mass is 32.2. The summed E-state index contributed by atoms with van der Waals surface area (Å²) in [7, 11) is 0. The number of hydrogen-bond donors (Lipinski definition) is 2. The van der Waals surface area contributed by atoms with Crippen LogP contribution >= 0.6 is 11.8 Å². The smallest absolute Gasteiger partial charge is 0.166 e. The van der Waals surface area contributed by atoms with Crippen LogP contribution in [0.2, 0.25) is 0 Å². The van der Waals surface area contributed by atoms with Crippen LogP contribution in [-0.2, 0) is 12.3 Å². The number of nitrogens with zero attached hydrogens (tertiary/aromatic N) is 1. The van der Waals surface area contributed by atoms with Crippen LogP contribution in [0.3, 0.4) is 0 Å². The third-order valence-electron chi connectivity index (χ3n) is 2.64. The maximum atomic E-state index is 5.54. The normalized spacial score (nSPS) is 11.2. The average molecular weight is 259 g/mol. The van der Waals surface area contributed by atoms with E-state index in [2.05, 4.69) is 9.97 Å². The fraction of sp³-hybridized carbons (Fsp3) is 0.154. The van der Waals surface area contributed by atoms with Crippen molar-refractivity contribution in [3.63, 3.8) is 0 Å². The molecule has 0 aliphatic carbocycles. The van der Waals surface area contributed by atoms with E-state index in [1.807, 2.05) is 36.4 Å². The summed E-state index contributed by atoms with van der Waals surface area (Å²) in [6, 6.07) is 11.9. The molecule has 0 bridgehead atoms. The molecular formula is C13H13N3OS. The largest absolute Gasteiger partial charge is 0.464 e. The van der Waals surface area contributed by atoms with Gasteiger partial charge in [0.15, 0.2) is 5.16 Å². The zero-order valence-corrected chi connectivity index (χ0v) is 10.5. The molecule has 92 valence electrons. The number of thioether (sulfide) groups is 1. The van der Waals surface area contributed by atoms with E-state index < -0.39 is 0 Å². The fourth-order valence-electron chi connectivity index (χ4n) is 1.75. The van der Waals surface area contributed by atoms with Crippen LogP contribution in [0.1, 0.15) is 11.5 Å². The number of imidazole rings is 1. The molecule has 0 amide bonds. The lowest BCUT2D eigenvalue weighted by atomic mass is 10.3. The summed E-state index contributed by atoms with van der Waals surface area (Å²) in [6.07, 6.45) is 0. The van der Waals surface area contributed by atoms with Gasteiger partial charge in [0, 0.05) is 0 Å². The molecule has 0 aliphatic heterocycles. The first-order valence-electron chi connectivity index (χ1n) is 5.70. The van der Waals surface area contributed by atoms with Gasteiger partial charge >= 0.3 is 0 Å². The van der Waals surface area contributed by atoms with Crippen LogP contribution < -0.4 is 5.73 Å². The molecular weight excluding hydrogens is 246 g/mol. The van der Waals surface area contributed by atoms with Crippen LogP contribution in [0.25, 0.3) is 11.0 Å². The minimum Gasteiger partial charge on any atom is -0.464 e. The first-order chi connectivity index (χ1) is 8.85. The number of fused-ring (bicyclic) bond motifs is 1. The number of nitrogens with one attached hydrogen (secondary N) is 1. The molecule has 1 aromatic carbocycles. The second-order valence-electron chi connectivity index (χ2n) is 3.92. The number of rotatable bonds is 4. The molecule has 2 aromatic heterocycles. The zero-order chi connectivity index (χ0) is 12.4. The number of aromatic nitrogens is 2. The van der Waals surface area contributed by atoms with E-state index in [1.165, 1.54) is 0 Å². The highest BCUT2D eigenvalue weighted by molar-refractivity contribution is 7.98. The summed E-state index contributed by atoms with van der Waals surface area (Å²) in [5.41, 5.74) is 7.55. The molecule has 18 heavy (non-hydrogen) atoms. The molecule has 5 heteroatoms. The minimum atomic E-state index is 0.440. The first-order valence-corrected chi connectivity index (χ1v) is 6.69. The topological polar surface area (TPSA) is 67.8 Å². The van der Waals surface area contributed by atoms with Gasteiger partial charge in [-0.3, -0.25) is 0 Å². The molecule has 0 fully saturated rings. The Balaban J connectivity index is 1.72. The van der Waals surface area contributed by atoms with Gasteiger partial charge in [0.1, 0.15) is 11.5 Å². The van der Waals surface area contributed by atoms with Gasteiger partial charge in [-0.25, -0.2) is 4.98 Å². The Bertz CT molecular complexity index is 626. The Morgan fingerprint density at radius 1 is 1.17 bits per heavy atom. The van der Waals surface area contributed by atoms with Crippen molar-refractivity contribution in [1.29, 1.82) is 0 Å². The van der Waals surface area contributed by atoms with Gasteiger partial charge in [0.05, 0.1) is 23.3 Å². The van der Waals surface area contributed by atoms with E-state index in [1.54, 1.807) is 11.8 Å².